The van der Waals surface area contributed by atoms with Crippen LogP contribution in [-0.4, -0.2) is 61.6 Å². The fourth-order valence-corrected chi connectivity index (χ4v) is 6.01. The highest BCUT2D eigenvalue weighted by Gasteiger charge is 2.51. The van der Waals surface area contributed by atoms with Crippen LogP contribution in [0.2, 0.25) is 0 Å². The highest BCUT2D eigenvalue weighted by atomic mass is 32.2. The molecule has 10 heteroatoms. The van der Waals surface area contributed by atoms with Crippen molar-refractivity contribution in [2.45, 2.75) is 48.9 Å². The van der Waals surface area contributed by atoms with Crippen LogP contribution < -0.4 is 4.74 Å². The maximum atomic E-state index is 12.9. The van der Waals surface area contributed by atoms with Crippen LogP contribution in [0.15, 0.2) is 29.2 Å². The zero-order valence-electron chi connectivity index (χ0n) is 16.5. The Morgan fingerprint density at radius 2 is 1.89 bits per heavy atom. The van der Waals surface area contributed by atoms with Gasteiger partial charge in [0.15, 0.2) is 0 Å². The monoisotopic (exact) mass is 430 g/mol. The van der Waals surface area contributed by atoms with Crippen molar-refractivity contribution < 1.29 is 27.5 Å². The van der Waals surface area contributed by atoms with Crippen LogP contribution in [-0.2, 0) is 24.5 Å². The molecule has 156 valence electrons. The summed E-state index contributed by atoms with van der Waals surface area (Å²) in [5.74, 6) is -0.244. The quantitative estimate of drug-likeness (QED) is 0.438. The van der Waals surface area contributed by atoms with Crippen LogP contribution in [0.1, 0.15) is 32.6 Å². The van der Waals surface area contributed by atoms with Gasteiger partial charge in [0.05, 0.1) is 19.6 Å². The number of rotatable bonds is 9. The largest absolute Gasteiger partial charge is 0.497 e. The van der Waals surface area contributed by atoms with E-state index in [1.54, 1.807) is 31.4 Å². The predicted octanol–water partition coefficient (Wildman–Crippen LogP) is 2.25. The molecule has 1 saturated heterocycles. The molecule has 8 nitrogen and oxygen atoms in total. The summed E-state index contributed by atoms with van der Waals surface area (Å²) in [6.07, 6.45) is 1.29. The van der Waals surface area contributed by atoms with E-state index < -0.39 is 33.5 Å². The second-order valence-electron chi connectivity index (χ2n) is 6.33. The lowest BCUT2D eigenvalue weighted by Gasteiger charge is -2.26. The zero-order chi connectivity index (χ0) is 20.9. The lowest BCUT2D eigenvalue weighted by molar-refractivity contribution is -0.141. The van der Waals surface area contributed by atoms with Gasteiger partial charge in [-0.1, -0.05) is 25.1 Å². The second kappa shape index (κ2) is 9.62. The summed E-state index contributed by atoms with van der Waals surface area (Å²) in [5, 5.41) is -0.755. The van der Waals surface area contributed by atoms with Crippen LogP contribution in [0, 0.1) is 0 Å². The topological polar surface area (TPSA) is 93.2 Å². The third-order valence-electron chi connectivity index (χ3n) is 4.53. The fourth-order valence-electron chi connectivity index (χ4n) is 2.96. The number of ether oxygens (including phenoxy) is 2. The Balaban J connectivity index is 2.33. The summed E-state index contributed by atoms with van der Waals surface area (Å²) in [5.41, 5.74) is 0. The number of esters is 1. The van der Waals surface area contributed by atoms with Gasteiger partial charge in [-0.15, -0.1) is 0 Å². The molecule has 2 rings (SSSR count). The average molecular weight is 431 g/mol. The SMILES string of the molecule is CCC[C@H]1C(=O)N(C(CCC(=O)OC)Sc2ccc(OC)cc2)S(=O)(=O)N1C. The van der Waals surface area contributed by atoms with Gasteiger partial charge in [-0.2, -0.15) is 12.7 Å². The molecule has 0 bridgehead atoms. The minimum absolute atomic E-state index is 0.00573. The molecule has 1 aliphatic rings. The van der Waals surface area contributed by atoms with Crippen LogP contribution in [0.25, 0.3) is 0 Å². The zero-order valence-corrected chi connectivity index (χ0v) is 18.1. The molecule has 1 aromatic rings. The van der Waals surface area contributed by atoms with Gasteiger partial charge in [-0.05, 0) is 37.1 Å². The Labute approximate surface area is 170 Å². The van der Waals surface area contributed by atoms with E-state index in [1.807, 2.05) is 6.92 Å². The van der Waals surface area contributed by atoms with Crippen molar-refractivity contribution in [1.29, 1.82) is 0 Å². The summed E-state index contributed by atoms with van der Waals surface area (Å²) < 4.78 is 37.7. The normalized spacial score (nSPS) is 20.2. The first kappa shape index (κ1) is 22.5. The van der Waals surface area contributed by atoms with Crippen LogP contribution in [0.5, 0.6) is 5.75 Å². The molecule has 1 heterocycles. The van der Waals surface area contributed by atoms with Crippen molar-refractivity contribution >= 4 is 33.8 Å². The van der Waals surface area contributed by atoms with Crippen molar-refractivity contribution in [1.82, 2.24) is 8.61 Å². The average Bonchev–Trinajstić information content (AvgIpc) is 2.85. The Kier molecular flexibility index (Phi) is 7.73. The number of methoxy groups -OCH3 is 2. The van der Waals surface area contributed by atoms with E-state index in [0.29, 0.717) is 18.6 Å². The first-order valence-electron chi connectivity index (χ1n) is 8.95. The molecule has 1 unspecified atom stereocenters. The van der Waals surface area contributed by atoms with Gasteiger partial charge in [0.2, 0.25) is 0 Å². The number of hydrogen-bond donors (Lipinski definition) is 0. The van der Waals surface area contributed by atoms with Gasteiger partial charge in [0.1, 0.15) is 11.8 Å². The standard InChI is InChI=1S/C18H26N2O6S2/c1-5-6-15-18(22)20(28(23,24)19(15)2)16(11-12-17(21)26-4)27-14-9-7-13(25-3)8-10-14/h7-10,15-16H,5-6,11-12H2,1-4H3/t15-,16?/m0/s1. The van der Waals surface area contributed by atoms with Gasteiger partial charge in [-0.3, -0.25) is 9.59 Å². The number of amides is 1. The van der Waals surface area contributed by atoms with Crippen LogP contribution in [0.3, 0.4) is 0 Å². The number of carbonyl (C=O) groups is 2. The van der Waals surface area contributed by atoms with E-state index in [2.05, 4.69) is 4.74 Å². The number of thioether (sulfide) groups is 1. The van der Waals surface area contributed by atoms with Crippen molar-refractivity contribution in [2.75, 3.05) is 21.3 Å². The van der Waals surface area contributed by atoms with Crippen molar-refractivity contribution in [3.8, 4) is 5.75 Å². The Morgan fingerprint density at radius 3 is 2.43 bits per heavy atom. The highest BCUT2D eigenvalue weighted by molar-refractivity contribution is 8.00. The third-order valence-corrected chi connectivity index (χ3v) is 7.84. The summed E-state index contributed by atoms with van der Waals surface area (Å²) in [4.78, 5) is 25.3. The minimum Gasteiger partial charge on any atom is -0.497 e. The van der Waals surface area contributed by atoms with Gasteiger partial charge in [-0.25, -0.2) is 4.31 Å². The molecular weight excluding hydrogens is 404 g/mol. The van der Waals surface area contributed by atoms with E-state index >= 15 is 0 Å². The Morgan fingerprint density at radius 1 is 1.25 bits per heavy atom. The van der Waals surface area contributed by atoms with Gasteiger partial charge in [0, 0.05) is 18.4 Å². The predicted molar refractivity (Wildman–Crippen MR) is 106 cm³/mol. The van der Waals surface area contributed by atoms with Crippen LogP contribution >= 0.6 is 11.8 Å². The maximum absolute atomic E-state index is 12.9. The van der Waals surface area contributed by atoms with Gasteiger partial charge >= 0.3 is 16.2 Å². The smallest absolute Gasteiger partial charge is 0.307 e. The second-order valence-corrected chi connectivity index (χ2v) is 9.44. The molecule has 0 aliphatic carbocycles. The summed E-state index contributed by atoms with van der Waals surface area (Å²) >= 11 is 1.22. The first-order valence-corrected chi connectivity index (χ1v) is 11.2. The van der Waals surface area contributed by atoms with E-state index in [0.717, 1.165) is 13.5 Å². The van der Waals surface area contributed by atoms with Crippen LogP contribution in [0.4, 0.5) is 0 Å². The maximum Gasteiger partial charge on any atom is 0.307 e. The number of hydrogen-bond acceptors (Lipinski definition) is 7. The Hall–Kier alpha value is -1.78. The molecule has 2 atom stereocenters. The lowest BCUT2D eigenvalue weighted by Crippen LogP contribution is -2.40. The number of nitrogens with zero attached hydrogens (tertiary/aromatic N) is 2. The number of carbonyl (C=O) groups excluding carboxylic acids is 2. The number of likely N-dealkylation sites (N-methyl/N-ethyl adjacent to an activating group) is 1. The van der Waals surface area contributed by atoms with Crippen molar-refractivity contribution in [3.63, 3.8) is 0 Å². The van der Waals surface area contributed by atoms with Gasteiger partial charge in [0.25, 0.3) is 5.91 Å². The molecule has 0 N–H and O–H groups in total. The fraction of sp³-hybridized carbons (Fsp3) is 0.556. The van der Waals surface area contributed by atoms with E-state index in [1.165, 1.54) is 25.9 Å². The molecule has 28 heavy (non-hydrogen) atoms. The third kappa shape index (κ3) is 4.79. The molecule has 1 fully saturated rings. The van der Waals surface area contributed by atoms with E-state index in [-0.39, 0.29) is 12.8 Å². The summed E-state index contributed by atoms with van der Waals surface area (Å²) in [6, 6.07) is 6.37. The molecule has 1 aliphatic heterocycles. The summed E-state index contributed by atoms with van der Waals surface area (Å²) in [7, 11) is 0.297. The molecule has 1 aromatic carbocycles. The molecular formula is C18H26N2O6S2. The van der Waals surface area contributed by atoms with Crippen molar-refractivity contribution in [3.05, 3.63) is 24.3 Å². The van der Waals surface area contributed by atoms with Gasteiger partial charge < -0.3 is 9.47 Å². The Bertz CT molecular complexity index is 797. The molecule has 0 saturated carbocycles. The summed E-state index contributed by atoms with van der Waals surface area (Å²) in [6.45, 7) is 1.90. The molecule has 0 radical (unpaired) electrons. The van der Waals surface area contributed by atoms with E-state index in [4.69, 9.17) is 4.74 Å². The molecule has 1 amide bonds. The molecule has 0 aromatic heterocycles. The van der Waals surface area contributed by atoms with Crippen molar-refractivity contribution in [2.24, 2.45) is 0 Å². The molecule has 0 spiro atoms. The lowest BCUT2D eigenvalue weighted by atomic mass is 10.1. The first-order chi connectivity index (χ1) is 13.3. The number of benzene rings is 1. The minimum atomic E-state index is -3.95. The van der Waals surface area contributed by atoms with E-state index in [9.17, 15) is 18.0 Å². The highest BCUT2D eigenvalue weighted by Crippen LogP contribution is 2.37.